The van der Waals surface area contributed by atoms with Gasteiger partial charge in [0.2, 0.25) is 11.9 Å². The largest absolute Gasteiger partial charge is 0.416 e. The molecule has 1 aromatic carbocycles. The predicted molar refractivity (Wildman–Crippen MR) is 107 cm³/mol. The summed E-state index contributed by atoms with van der Waals surface area (Å²) in [6.45, 7) is 2.65. The van der Waals surface area contributed by atoms with Crippen molar-refractivity contribution in [2.45, 2.75) is 26.1 Å². The molecule has 1 N–H and O–H groups in total. The number of benzene rings is 1. The fraction of sp³-hybridized carbons (Fsp3) is 0.238. The molecule has 3 heterocycles. The summed E-state index contributed by atoms with van der Waals surface area (Å²) in [5.74, 6) is -1.97. The average molecular weight is 447 g/mol. The molecular formula is C21H17F4N5O2. The number of anilines is 2. The van der Waals surface area contributed by atoms with E-state index in [0.717, 1.165) is 29.2 Å². The number of amides is 2. The number of alkyl halides is 3. The lowest BCUT2D eigenvalue weighted by Gasteiger charge is -2.24. The minimum Gasteiger partial charge on any atom is -0.325 e. The molecule has 2 amide bonds. The maximum atomic E-state index is 14.8. The summed E-state index contributed by atoms with van der Waals surface area (Å²) in [6, 6.07) is 6.13. The van der Waals surface area contributed by atoms with Crippen molar-refractivity contribution in [1.29, 1.82) is 0 Å². The zero-order valence-electron chi connectivity index (χ0n) is 16.9. The third-order valence-corrected chi connectivity index (χ3v) is 5.09. The Kier molecular flexibility index (Phi) is 5.19. The van der Waals surface area contributed by atoms with Crippen LogP contribution in [0, 0.1) is 12.9 Å². The van der Waals surface area contributed by atoms with E-state index in [4.69, 9.17) is 0 Å². The molecule has 0 bridgehead atoms. The predicted octanol–water partition coefficient (Wildman–Crippen LogP) is 3.96. The van der Waals surface area contributed by atoms with Crippen LogP contribution in [0.4, 0.5) is 28.9 Å². The van der Waals surface area contributed by atoms with Gasteiger partial charge in [-0.15, -0.1) is 0 Å². The number of nitrogens with zero attached hydrogens (tertiary/aromatic N) is 4. The van der Waals surface area contributed by atoms with E-state index < -0.39 is 42.1 Å². The second-order valence-electron chi connectivity index (χ2n) is 7.33. The second-order valence-corrected chi connectivity index (χ2v) is 7.33. The van der Waals surface area contributed by atoms with Crippen LogP contribution in [-0.4, -0.2) is 33.1 Å². The molecule has 0 fully saturated rings. The van der Waals surface area contributed by atoms with Crippen LogP contribution in [0.15, 0.2) is 42.6 Å². The van der Waals surface area contributed by atoms with Crippen molar-refractivity contribution >= 4 is 23.2 Å². The van der Waals surface area contributed by atoms with Gasteiger partial charge in [-0.05, 0) is 50.2 Å². The van der Waals surface area contributed by atoms with Crippen LogP contribution in [0.2, 0.25) is 0 Å². The summed E-state index contributed by atoms with van der Waals surface area (Å²) in [5, 5.41) is 6.57. The molecule has 1 aliphatic rings. The van der Waals surface area contributed by atoms with Crippen LogP contribution in [0.25, 0.3) is 11.3 Å². The summed E-state index contributed by atoms with van der Waals surface area (Å²) in [7, 11) is 0. The van der Waals surface area contributed by atoms with Gasteiger partial charge in [0.05, 0.1) is 22.5 Å². The van der Waals surface area contributed by atoms with Gasteiger partial charge in [-0.2, -0.15) is 22.7 Å². The number of carbonyl (C=O) groups is 2. The summed E-state index contributed by atoms with van der Waals surface area (Å²) in [6.07, 6.45) is -3.06. The molecule has 11 heteroatoms. The van der Waals surface area contributed by atoms with E-state index in [1.54, 1.807) is 19.9 Å². The standard InChI is InChI=1S/C21H17F4N5O2/c1-11-9-16-18(19(22)27-11)15-7-8-26-30(15)12(2)20(32)29(16)10-17(31)28-14-5-3-13(4-6-14)21(23,24)25/h3-9,12H,10H2,1-2H3,(H,28,31). The molecule has 3 aromatic rings. The fourth-order valence-corrected chi connectivity index (χ4v) is 3.59. The molecule has 1 aliphatic heterocycles. The zero-order chi connectivity index (χ0) is 23.2. The van der Waals surface area contributed by atoms with Crippen molar-refractivity contribution in [2.24, 2.45) is 0 Å². The van der Waals surface area contributed by atoms with Crippen molar-refractivity contribution in [3.05, 3.63) is 59.8 Å². The number of aromatic nitrogens is 3. The van der Waals surface area contributed by atoms with Crippen LogP contribution >= 0.6 is 0 Å². The zero-order valence-corrected chi connectivity index (χ0v) is 16.9. The first kappa shape index (κ1) is 21.5. The van der Waals surface area contributed by atoms with Gasteiger partial charge in [-0.1, -0.05) is 0 Å². The summed E-state index contributed by atoms with van der Waals surface area (Å²) >= 11 is 0. The first-order valence-electron chi connectivity index (χ1n) is 9.56. The van der Waals surface area contributed by atoms with Crippen LogP contribution < -0.4 is 10.2 Å². The number of fused-ring (bicyclic) bond motifs is 3. The van der Waals surface area contributed by atoms with E-state index in [9.17, 15) is 27.2 Å². The number of hydrogen-bond acceptors (Lipinski definition) is 4. The van der Waals surface area contributed by atoms with Gasteiger partial charge >= 0.3 is 6.18 Å². The third-order valence-electron chi connectivity index (χ3n) is 5.09. The van der Waals surface area contributed by atoms with Gasteiger partial charge in [-0.25, -0.2) is 4.98 Å². The SMILES string of the molecule is Cc1cc2c(c(F)n1)-c1ccnn1C(C)C(=O)N2CC(=O)Nc1ccc(C(F)(F)F)cc1. The Morgan fingerprint density at radius 1 is 1.19 bits per heavy atom. The molecule has 0 saturated heterocycles. The van der Waals surface area contributed by atoms with Gasteiger partial charge in [0.25, 0.3) is 5.91 Å². The molecule has 2 aromatic heterocycles. The van der Waals surface area contributed by atoms with Crippen LogP contribution in [0.3, 0.4) is 0 Å². The topological polar surface area (TPSA) is 80.1 Å². The molecular weight excluding hydrogens is 430 g/mol. The molecule has 0 saturated carbocycles. The Labute approximate surface area is 179 Å². The first-order chi connectivity index (χ1) is 15.1. The molecule has 0 aliphatic carbocycles. The summed E-state index contributed by atoms with van der Waals surface area (Å²) < 4.78 is 54.4. The quantitative estimate of drug-likeness (QED) is 0.487. The summed E-state index contributed by atoms with van der Waals surface area (Å²) in [5.41, 5.74) is 0.124. The Morgan fingerprint density at radius 3 is 2.53 bits per heavy atom. The Balaban J connectivity index is 1.65. The van der Waals surface area contributed by atoms with Gasteiger partial charge < -0.3 is 10.2 Å². The Bertz CT molecular complexity index is 1200. The van der Waals surface area contributed by atoms with Crippen LogP contribution in [0.1, 0.15) is 24.2 Å². The molecule has 32 heavy (non-hydrogen) atoms. The van der Waals surface area contributed by atoms with E-state index >= 15 is 0 Å². The number of pyridine rings is 1. The lowest BCUT2D eigenvalue weighted by Crippen LogP contribution is -2.41. The number of carbonyl (C=O) groups excluding carboxylic acids is 2. The number of halogens is 4. The average Bonchev–Trinajstić information content (AvgIpc) is 3.16. The Morgan fingerprint density at radius 2 is 1.88 bits per heavy atom. The van der Waals surface area contributed by atoms with E-state index in [-0.39, 0.29) is 16.9 Å². The molecule has 7 nitrogen and oxygen atoms in total. The molecule has 0 spiro atoms. The maximum Gasteiger partial charge on any atom is 0.416 e. The minimum absolute atomic E-state index is 0.0353. The normalized spacial score (nSPS) is 15.8. The van der Waals surface area contributed by atoms with Crippen molar-refractivity contribution in [1.82, 2.24) is 14.8 Å². The Hall–Kier alpha value is -3.76. The number of nitrogens with one attached hydrogen (secondary N) is 1. The van der Waals surface area contributed by atoms with Crippen molar-refractivity contribution in [3.8, 4) is 11.3 Å². The molecule has 1 atom stereocenters. The first-order valence-corrected chi connectivity index (χ1v) is 9.56. The van der Waals surface area contributed by atoms with E-state index in [1.807, 2.05) is 0 Å². The molecule has 0 radical (unpaired) electrons. The monoisotopic (exact) mass is 447 g/mol. The highest BCUT2D eigenvalue weighted by Gasteiger charge is 2.35. The molecule has 166 valence electrons. The smallest absolute Gasteiger partial charge is 0.325 e. The van der Waals surface area contributed by atoms with Crippen molar-refractivity contribution in [3.63, 3.8) is 0 Å². The van der Waals surface area contributed by atoms with Crippen LogP contribution in [-0.2, 0) is 15.8 Å². The van der Waals surface area contributed by atoms with E-state index in [1.165, 1.54) is 16.9 Å². The fourth-order valence-electron chi connectivity index (χ4n) is 3.59. The maximum absolute atomic E-state index is 14.8. The second kappa shape index (κ2) is 7.74. The van der Waals surface area contributed by atoms with Gasteiger partial charge in [0.1, 0.15) is 12.6 Å². The lowest BCUT2D eigenvalue weighted by atomic mass is 10.1. The van der Waals surface area contributed by atoms with Gasteiger partial charge in [-0.3, -0.25) is 14.3 Å². The highest BCUT2D eigenvalue weighted by atomic mass is 19.4. The minimum atomic E-state index is -4.50. The molecule has 4 rings (SSSR count). The van der Waals surface area contributed by atoms with Crippen molar-refractivity contribution < 1.29 is 27.2 Å². The summed E-state index contributed by atoms with van der Waals surface area (Å²) in [4.78, 5) is 30.8. The van der Waals surface area contributed by atoms with Crippen LogP contribution in [0.5, 0.6) is 0 Å². The molecule has 1 unspecified atom stereocenters. The number of hydrogen-bond donors (Lipinski definition) is 1. The van der Waals surface area contributed by atoms with E-state index in [2.05, 4.69) is 15.4 Å². The van der Waals surface area contributed by atoms with Gasteiger partial charge in [0.15, 0.2) is 0 Å². The van der Waals surface area contributed by atoms with Gasteiger partial charge in [0, 0.05) is 17.6 Å². The third kappa shape index (κ3) is 3.81. The number of rotatable bonds is 3. The highest BCUT2D eigenvalue weighted by Crippen LogP contribution is 2.38. The lowest BCUT2D eigenvalue weighted by molar-refractivity contribution is -0.137. The highest BCUT2D eigenvalue weighted by molar-refractivity contribution is 6.07. The van der Waals surface area contributed by atoms with E-state index in [0.29, 0.717) is 11.4 Å². The number of aryl methyl sites for hydroxylation is 1. The van der Waals surface area contributed by atoms with Crippen molar-refractivity contribution in [2.75, 3.05) is 16.8 Å².